The molecule has 0 atom stereocenters. The molecule has 0 aromatic heterocycles. The van der Waals surface area contributed by atoms with Gasteiger partial charge in [0.05, 0.1) is 10.6 Å². The Morgan fingerprint density at radius 3 is 2.15 bits per heavy atom. The first-order chi connectivity index (χ1) is 9.69. The fourth-order valence-electron chi connectivity index (χ4n) is 1.48. The number of benzene rings is 2. The molecule has 2 aromatic carbocycles. The van der Waals surface area contributed by atoms with E-state index in [9.17, 15) is 10.1 Å². The summed E-state index contributed by atoms with van der Waals surface area (Å²) in [6.07, 6.45) is 1.18. The number of nitrogens with zero attached hydrogens (tertiary/aromatic N) is 2. The predicted molar refractivity (Wildman–Crippen MR) is 76.7 cm³/mol. The normalized spacial score (nSPS) is 10.7. The van der Waals surface area contributed by atoms with Gasteiger partial charge in [-0.25, -0.2) is 4.99 Å². The number of nitrogens with one attached hydrogen (secondary N) is 1. The molecule has 0 saturated carbocycles. The number of rotatable bonds is 5. The maximum Gasteiger partial charge on any atom is 0.269 e. The number of nitro groups is 1. The quantitative estimate of drug-likeness (QED) is 0.381. The highest BCUT2D eigenvalue weighted by atomic mass is 32.2. The average molecular weight is 289 g/mol. The molecule has 6 nitrogen and oxygen atoms in total. The third-order valence-electron chi connectivity index (χ3n) is 2.39. The van der Waals surface area contributed by atoms with Crippen LogP contribution in [-0.2, 0) is 0 Å². The molecule has 20 heavy (non-hydrogen) atoms. The van der Waals surface area contributed by atoms with Crippen LogP contribution < -0.4 is 5.48 Å². The van der Waals surface area contributed by atoms with E-state index in [1.807, 2.05) is 29.7 Å². The van der Waals surface area contributed by atoms with Gasteiger partial charge in [-0.05, 0) is 36.4 Å². The van der Waals surface area contributed by atoms with Crippen molar-refractivity contribution < 1.29 is 10.1 Å². The van der Waals surface area contributed by atoms with Crippen LogP contribution in [-0.4, -0.2) is 16.5 Å². The molecule has 0 radical (unpaired) electrons. The van der Waals surface area contributed by atoms with E-state index in [2.05, 4.69) is 4.99 Å². The van der Waals surface area contributed by atoms with Crippen LogP contribution >= 0.6 is 11.8 Å². The van der Waals surface area contributed by atoms with Gasteiger partial charge in [0.1, 0.15) is 6.34 Å². The summed E-state index contributed by atoms with van der Waals surface area (Å²) < 4.78 is 0. The van der Waals surface area contributed by atoms with Crippen LogP contribution in [0.4, 0.5) is 11.4 Å². The molecule has 0 spiro atoms. The Morgan fingerprint density at radius 1 is 1.10 bits per heavy atom. The Kier molecular flexibility index (Phi) is 4.70. The maximum absolute atomic E-state index is 10.6. The van der Waals surface area contributed by atoms with E-state index in [-0.39, 0.29) is 5.69 Å². The molecule has 0 saturated heterocycles. The number of hydroxylamine groups is 1. The van der Waals surface area contributed by atoms with Gasteiger partial charge in [0.2, 0.25) is 0 Å². The predicted octanol–water partition coefficient (Wildman–Crippen LogP) is 3.38. The van der Waals surface area contributed by atoms with Crippen LogP contribution in [0.15, 0.2) is 63.3 Å². The van der Waals surface area contributed by atoms with Crippen LogP contribution in [0.1, 0.15) is 0 Å². The summed E-state index contributed by atoms with van der Waals surface area (Å²) in [6, 6.07) is 13.8. The number of aliphatic imine (C=N–C) groups is 1. The standard InChI is InChI=1S/C13H11N3O3S/c17-15-9-14-10-1-5-12(6-2-10)20-13-7-3-11(4-8-13)16(18)19/h1-9,17H,(H,14,15). The first kappa shape index (κ1) is 14.0. The fraction of sp³-hybridized carbons (Fsp3) is 0. The van der Waals surface area contributed by atoms with Gasteiger partial charge in [0.25, 0.3) is 5.69 Å². The van der Waals surface area contributed by atoms with Gasteiger partial charge in [-0.1, -0.05) is 11.8 Å². The van der Waals surface area contributed by atoms with E-state index in [1.54, 1.807) is 12.1 Å². The molecule has 0 amide bonds. The van der Waals surface area contributed by atoms with Crippen molar-refractivity contribution in [3.63, 3.8) is 0 Å². The summed E-state index contributed by atoms with van der Waals surface area (Å²) in [5.74, 6) is 0. The summed E-state index contributed by atoms with van der Waals surface area (Å²) in [5, 5.41) is 18.9. The summed E-state index contributed by atoms with van der Waals surface area (Å²) in [5.41, 5.74) is 2.62. The van der Waals surface area contributed by atoms with Crippen LogP contribution in [0, 0.1) is 10.1 Å². The van der Waals surface area contributed by atoms with Crippen molar-refractivity contribution in [2.75, 3.05) is 0 Å². The van der Waals surface area contributed by atoms with Gasteiger partial charge in [0, 0.05) is 21.9 Å². The molecular formula is C13H11N3O3S. The summed E-state index contributed by atoms with van der Waals surface area (Å²) in [7, 11) is 0. The topological polar surface area (TPSA) is 87.8 Å². The summed E-state index contributed by atoms with van der Waals surface area (Å²) >= 11 is 1.50. The highest BCUT2D eigenvalue weighted by Crippen LogP contribution is 2.30. The average Bonchev–Trinajstić information content (AvgIpc) is 2.47. The van der Waals surface area contributed by atoms with Crippen LogP contribution in [0.5, 0.6) is 0 Å². The second-order valence-electron chi connectivity index (χ2n) is 3.73. The maximum atomic E-state index is 10.6. The molecule has 102 valence electrons. The van der Waals surface area contributed by atoms with Crippen molar-refractivity contribution in [3.8, 4) is 0 Å². The number of hydrogen-bond acceptors (Lipinski definition) is 5. The van der Waals surface area contributed by atoms with E-state index in [4.69, 9.17) is 5.21 Å². The van der Waals surface area contributed by atoms with Gasteiger partial charge in [-0.3, -0.25) is 20.8 Å². The van der Waals surface area contributed by atoms with Gasteiger partial charge in [-0.15, -0.1) is 0 Å². The zero-order valence-electron chi connectivity index (χ0n) is 10.3. The molecule has 2 rings (SSSR count). The first-order valence-corrected chi connectivity index (χ1v) is 6.45. The number of hydrogen-bond donors (Lipinski definition) is 2. The Morgan fingerprint density at radius 2 is 1.65 bits per heavy atom. The lowest BCUT2D eigenvalue weighted by Crippen LogP contribution is -2.00. The Hall–Kier alpha value is -2.38. The Balaban J connectivity index is 2.06. The fourth-order valence-corrected chi connectivity index (χ4v) is 2.29. The lowest BCUT2D eigenvalue weighted by molar-refractivity contribution is -0.384. The lowest BCUT2D eigenvalue weighted by atomic mass is 10.3. The molecule has 0 heterocycles. The van der Waals surface area contributed by atoms with Crippen molar-refractivity contribution in [2.45, 2.75) is 9.79 Å². The van der Waals surface area contributed by atoms with Crippen molar-refractivity contribution >= 4 is 29.5 Å². The van der Waals surface area contributed by atoms with E-state index < -0.39 is 4.92 Å². The van der Waals surface area contributed by atoms with E-state index in [1.165, 1.54) is 30.2 Å². The minimum atomic E-state index is -0.420. The van der Waals surface area contributed by atoms with Crippen molar-refractivity contribution in [2.24, 2.45) is 4.99 Å². The highest BCUT2D eigenvalue weighted by molar-refractivity contribution is 7.99. The number of non-ortho nitro benzene ring substituents is 1. The SMILES string of the molecule is O=[N+]([O-])c1ccc(Sc2ccc(N=CNO)cc2)cc1. The van der Waals surface area contributed by atoms with Crippen LogP contribution in [0.2, 0.25) is 0 Å². The molecule has 0 aliphatic heterocycles. The molecule has 7 heteroatoms. The zero-order chi connectivity index (χ0) is 14.4. The molecule has 2 aromatic rings. The zero-order valence-corrected chi connectivity index (χ0v) is 11.1. The van der Waals surface area contributed by atoms with E-state index in [0.717, 1.165) is 9.79 Å². The molecule has 0 unspecified atom stereocenters. The molecular weight excluding hydrogens is 278 g/mol. The largest absolute Gasteiger partial charge is 0.290 e. The monoisotopic (exact) mass is 289 g/mol. The number of nitro benzene ring substituents is 1. The van der Waals surface area contributed by atoms with Crippen LogP contribution in [0.25, 0.3) is 0 Å². The third kappa shape index (κ3) is 3.81. The van der Waals surface area contributed by atoms with Crippen LogP contribution in [0.3, 0.4) is 0 Å². The molecule has 2 N–H and O–H groups in total. The third-order valence-corrected chi connectivity index (χ3v) is 3.41. The second-order valence-corrected chi connectivity index (χ2v) is 4.88. The van der Waals surface area contributed by atoms with E-state index >= 15 is 0 Å². The van der Waals surface area contributed by atoms with E-state index in [0.29, 0.717) is 5.69 Å². The summed E-state index contributed by atoms with van der Waals surface area (Å²) in [4.78, 5) is 16.0. The van der Waals surface area contributed by atoms with Crippen molar-refractivity contribution in [1.29, 1.82) is 0 Å². The van der Waals surface area contributed by atoms with Gasteiger partial charge in [-0.2, -0.15) is 0 Å². The molecule has 0 fully saturated rings. The van der Waals surface area contributed by atoms with Gasteiger partial charge < -0.3 is 0 Å². The Bertz CT molecular complexity index is 612. The first-order valence-electron chi connectivity index (χ1n) is 5.63. The second kappa shape index (κ2) is 6.69. The Labute approximate surface area is 119 Å². The van der Waals surface area contributed by atoms with Crippen molar-refractivity contribution in [1.82, 2.24) is 5.48 Å². The molecule has 0 aliphatic rings. The minimum Gasteiger partial charge on any atom is -0.290 e. The van der Waals surface area contributed by atoms with Crippen molar-refractivity contribution in [3.05, 3.63) is 58.6 Å². The minimum absolute atomic E-state index is 0.0792. The summed E-state index contributed by atoms with van der Waals surface area (Å²) in [6.45, 7) is 0. The van der Waals surface area contributed by atoms with Gasteiger partial charge >= 0.3 is 0 Å². The lowest BCUT2D eigenvalue weighted by Gasteiger charge is -2.02. The smallest absolute Gasteiger partial charge is 0.269 e. The molecule has 0 aliphatic carbocycles. The highest BCUT2D eigenvalue weighted by Gasteiger charge is 2.04. The molecule has 0 bridgehead atoms. The van der Waals surface area contributed by atoms with Gasteiger partial charge in [0.15, 0.2) is 0 Å².